The lowest BCUT2D eigenvalue weighted by Crippen LogP contribution is -2.41. The van der Waals surface area contributed by atoms with Crippen LogP contribution in [0.15, 0.2) is 35.2 Å². The number of thioether (sulfide) groups is 1. The van der Waals surface area contributed by atoms with Crippen molar-refractivity contribution in [3.05, 3.63) is 30.3 Å². The van der Waals surface area contributed by atoms with E-state index in [1.807, 2.05) is 11.8 Å². The van der Waals surface area contributed by atoms with Crippen molar-refractivity contribution < 1.29 is 0 Å². The maximum atomic E-state index is 3.70. The summed E-state index contributed by atoms with van der Waals surface area (Å²) < 4.78 is 0. The molecule has 1 atom stereocenters. The summed E-state index contributed by atoms with van der Waals surface area (Å²) in [6, 6.07) is 11.3. The van der Waals surface area contributed by atoms with Crippen LogP contribution in [0, 0.1) is 5.92 Å². The van der Waals surface area contributed by atoms with Gasteiger partial charge in [0.1, 0.15) is 0 Å². The summed E-state index contributed by atoms with van der Waals surface area (Å²) >= 11 is 1.94. The van der Waals surface area contributed by atoms with Gasteiger partial charge in [-0.15, -0.1) is 11.8 Å². The van der Waals surface area contributed by atoms with Crippen molar-refractivity contribution in [2.45, 2.75) is 30.7 Å². The van der Waals surface area contributed by atoms with Gasteiger partial charge in [-0.3, -0.25) is 0 Å². The molecular formula is C16H26N2S. The van der Waals surface area contributed by atoms with Gasteiger partial charge in [-0.05, 0) is 58.0 Å². The van der Waals surface area contributed by atoms with E-state index in [1.165, 1.54) is 30.8 Å². The second-order valence-corrected chi connectivity index (χ2v) is 6.71. The minimum atomic E-state index is 0.657. The Labute approximate surface area is 122 Å². The van der Waals surface area contributed by atoms with Gasteiger partial charge in [0.15, 0.2) is 0 Å². The van der Waals surface area contributed by atoms with E-state index in [1.54, 1.807) is 0 Å². The fraction of sp³-hybridized carbons (Fsp3) is 0.625. The Balaban J connectivity index is 1.60. The highest BCUT2D eigenvalue weighted by Crippen LogP contribution is 2.20. The lowest BCUT2D eigenvalue weighted by Gasteiger charge is -2.33. The quantitative estimate of drug-likeness (QED) is 0.636. The minimum Gasteiger partial charge on any atom is -0.313 e. The molecule has 2 nitrogen and oxygen atoms in total. The molecule has 0 aromatic heterocycles. The number of nitrogens with zero attached hydrogens (tertiary/aromatic N) is 1. The van der Waals surface area contributed by atoms with E-state index in [0.717, 1.165) is 18.2 Å². The third-order valence-corrected chi connectivity index (χ3v) is 5.06. The summed E-state index contributed by atoms with van der Waals surface area (Å²) in [7, 11) is 2.23. The Hall–Kier alpha value is -0.510. The molecule has 1 N–H and O–H groups in total. The molecule has 1 saturated heterocycles. The molecule has 0 saturated carbocycles. The SMILES string of the molecule is CC(NCCSc1ccccc1)C1CCN(C)CC1. The van der Waals surface area contributed by atoms with Crippen molar-refractivity contribution in [2.75, 3.05) is 32.4 Å². The van der Waals surface area contributed by atoms with E-state index in [0.29, 0.717) is 6.04 Å². The normalized spacial score (nSPS) is 19.5. The molecule has 106 valence electrons. The molecule has 1 aromatic rings. The first-order valence-electron chi connectivity index (χ1n) is 7.35. The lowest BCUT2D eigenvalue weighted by atomic mass is 9.90. The zero-order valence-electron chi connectivity index (χ0n) is 12.1. The third kappa shape index (κ3) is 5.17. The number of hydrogen-bond donors (Lipinski definition) is 1. The van der Waals surface area contributed by atoms with Gasteiger partial charge in [0.2, 0.25) is 0 Å². The number of benzene rings is 1. The Kier molecular flexibility index (Phi) is 6.21. The minimum absolute atomic E-state index is 0.657. The van der Waals surface area contributed by atoms with Gasteiger partial charge in [-0.1, -0.05) is 18.2 Å². The molecule has 1 aromatic carbocycles. The van der Waals surface area contributed by atoms with E-state index < -0.39 is 0 Å². The van der Waals surface area contributed by atoms with Crippen molar-refractivity contribution in [3.63, 3.8) is 0 Å². The van der Waals surface area contributed by atoms with Crippen molar-refractivity contribution in [2.24, 2.45) is 5.92 Å². The Bertz CT molecular complexity index is 347. The van der Waals surface area contributed by atoms with Crippen LogP contribution in [0.3, 0.4) is 0 Å². The average molecular weight is 278 g/mol. The molecule has 3 heteroatoms. The Morgan fingerprint density at radius 2 is 1.95 bits per heavy atom. The molecule has 0 radical (unpaired) electrons. The van der Waals surface area contributed by atoms with Crippen molar-refractivity contribution in [1.29, 1.82) is 0 Å². The zero-order valence-corrected chi connectivity index (χ0v) is 13.0. The van der Waals surface area contributed by atoms with Crippen molar-refractivity contribution in [3.8, 4) is 0 Å². The number of hydrogen-bond acceptors (Lipinski definition) is 3. The van der Waals surface area contributed by atoms with Crippen LogP contribution < -0.4 is 5.32 Å². The number of piperidine rings is 1. The van der Waals surface area contributed by atoms with Gasteiger partial charge < -0.3 is 10.2 Å². The predicted octanol–water partition coefficient (Wildman–Crippen LogP) is 3.10. The lowest BCUT2D eigenvalue weighted by molar-refractivity contribution is 0.191. The van der Waals surface area contributed by atoms with Gasteiger partial charge in [0, 0.05) is 23.2 Å². The van der Waals surface area contributed by atoms with Gasteiger partial charge >= 0.3 is 0 Å². The summed E-state index contributed by atoms with van der Waals surface area (Å²) in [5.74, 6) is 2.01. The van der Waals surface area contributed by atoms with Crippen molar-refractivity contribution >= 4 is 11.8 Å². The van der Waals surface area contributed by atoms with Crippen LogP contribution >= 0.6 is 11.8 Å². The van der Waals surface area contributed by atoms with Crippen LogP contribution in [0.2, 0.25) is 0 Å². The fourth-order valence-corrected chi connectivity index (χ4v) is 3.47. The molecule has 0 spiro atoms. The highest BCUT2D eigenvalue weighted by atomic mass is 32.2. The molecule has 0 amide bonds. The molecule has 1 unspecified atom stereocenters. The second-order valence-electron chi connectivity index (χ2n) is 5.55. The molecule has 1 heterocycles. The maximum absolute atomic E-state index is 3.70. The smallest absolute Gasteiger partial charge is 0.0106 e. The van der Waals surface area contributed by atoms with E-state index in [4.69, 9.17) is 0 Å². The van der Waals surface area contributed by atoms with Gasteiger partial charge in [0.05, 0.1) is 0 Å². The second kappa shape index (κ2) is 7.93. The molecule has 1 fully saturated rings. The molecular weight excluding hydrogens is 252 g/mol. The van der Waals surface area contributed by atoms with Crippen LogP contribution in [-0.4, -0.2) is 43.4 Å². The average Bonchev–Trinajstić information content (AvgIpc) is 2.45. The summed E-state index contributed by atoms with van der Waals surface area (Å²) in [5.41, 5.74) is 0. The first kappa shape index (κ1) is 14.9. The van der Waals surface area contributed by atoms with Crippen LogP contribution in [0.25, 0.3) is 0 Å². The number of likely N-dealkylation sites (tertiary alicyclic amines) is 1. The van der Waals surface area contributed by atoms with Crippen molar-refractivity contribution in [1.82, 2.24) is 10.2 Å². The van der Waals surface area contributed by atoms with Gasteiger partial charge in [0.25, 0.3) is 0 Å². The van der Waals surface area contributed by atoms with Crippen LogP contribution in [0.1, 0.15) is 19.8 Å². The summed E-state index contributed by atoms with van der Waals surface area (Å²) in [4.78, 5) is 3.81. The Morgan fingerprint density at radius 1 is 1.26 bits per heavy atom. The fourth-order valence-electron chi connectivity index (χ4n) is 2.67. The molecule has 1 aliphatic rings. The topological polar surface area (TPSA) is 15.3 Å². The van der Waals surface area contributed by atoms with Crippen LogP contribution in [0.4, 0.5) is 0 Å². The van der Waals surface area contributed by atoms with E-state index in [2.05, 4.69) is 54.5 Å². The molecule has 1 aliphatic heterocycles. The van der Waals surface area contributed by atoms with E-state index in [9.17, 15) is 0 Å². The number of nitrogens with one attached hydrogen (secondary N) is 1. The highest BCUT2D eigenvalue weighted by molar-refractivity contribution is 7.99. The maximum Gasteiger partial charge on any atom is 0.0106 e. The predicted molar refractivity (Wildman–Crippen MR) is 84.9 cm³/mol. The molecule has 0 bridgehead atoms. The Morgan fingerprint density at radius 3 is 2.63 bits per heavy atom. The first-order chi connectivity index (χ1) is 9.25. The standard InChI is InChI=1S/C16H26N2S/c1-14(15-8-11-18(2)12-9-15)17-10-13-19-16-6-4-3-5-7-16/h3-7,14-15,17H,8-13H2,1-2H3. The largest absolute Gasteiger partial charge is 0.313 e. The molecule has 0 aliphatic carbocycles. The number of rotatable bonds is 6. The summed E-state index contributed by atoms with van der Waals surface area (Å²) in [6.07, 6.45) is 2.69. The third-order valence-electron chi connectivity index (χ3n) is 4.05. The monoisotopic (exact) mass is 278 g/mol. The van der Waals surface area contributed by atoms with Gasteiger partial charge in [-0.2, -0.15) is 0 Å². The zero-order chi connectivity index (χ0) is 13.5. The molecule has 19 heavy (non-hydrogen) atoms. The van der Waals surface area contributed by atoms with Crippen LogP contribution in [-0.2, 0) is 0 Å². The first-order valence-corrected chi connectivity index (χ1v) is 8.34. The van der Waals surface area contributed by atoms with E-state index >= 15 is 0 Å². The van der Waals surface area contributed by atoms with Gasteiger partial charge in [-0.25, -0.2) is 0 Å². The highest BCUT2D eigenvalue weighted by Gasteiger charge is 2.21. The summed E-state index contributed by atoms with van der Waals surface area (Å²) in [5, 5.41) is 3.70. The van der Waals surface area contributed by atoms with Crippen LogP contribution in [0.5, 0.6) is 0 Å². The molecule has 2 rings (SSSR count). The van der Waals surface area contributed by atoms with E-state index in [-0.39, 0.29) is 0 Å². The summed E-state index contributed by atoms with van der Waals surface area (Å²) in [6.45, 7) is 5.97.